The number of pyridine rings is 2. The van der Waals surface area contributed by atoms with E-state index in [2.05, 4.69) is 17.0 Å². The van der Waals surface area contributed by atoms with Crippen LogP contribution in [-0.2, 0) is 11.2 Å². The molecule has 124 valence electrons. The number of rotatable bonds is 5. The normalized spacial score (nSPS) is 12.5. The van der Waals surface area contributed by atoms with Crippen LogP contribution < -0.4 is 0 Å². The van der Waals surface area contributed by atoms with E-state index in [4.69, 9.17) is 10.1 Å². The molecule has 0 fully saturated rings. The van der Waals surface area contributed by atoms with Gasteiger partial charge in [-0.15, -0.1) is 0 Å². The number of aromatic nitrogens is 4. The number of carboxylic acids is 1. The van der Waals surface area contributed by atoms with Crippen molar-refractivity contribution in [3.05, 3.63) is 53.1 Å². The van der Waals surface area contributed by atoms with Gasteiger partial charge in [0.2, 0.25) is 0 Å². The van der Waals surface area contributed by atoms with Gasteiger partial charge in [-0.25, -0.2) is 9.67 Å². The number of aryl methyl sites for hydroxylation is 2. The SMILES string of the molecule is Cc1nc2c(cnn2C(C)c2ccncc2)c(C)c1CCC(=O)O. The monoisotopic (exact) mass is 324 g/mol. The second kappa shape index (κ2) is 6.39. The maximum Gasteiger partial charge on any atom is 0.303 e. The van der Waals surface area contributed by atoms with E-state index in [1.165, 1.54) is 0 Å². The highest BCUT2D eigenvalue weighted by atomic mass is 16.4. The quantitative estimate of drug-likeness (QED) is 0.780. The van der Waals surface area contributed by atoms with Gasteiger partial charge >= 0.3 is 5.97 Å². The minimum absolute atomic E-state index is 0.0432. The van der Waals surface area contributed by atoms with E-state index >= 15 is 0 Å². The molecule has 0 spiro atoms. The lowest BCUT2D eigenvalue weighted by atomic mass is 10.0. The molecule has 0 aromatic carbocycles. The Hall–Kier alpha value is -2.76. The van der Waals surface area contributed by atoms with Gasteiger partial charge in [-0.3, -0.25) is 9.78 Å². The van der Waals surface area contributed by atoms with E-state index in [0.717, 1.165) is 33.4 Å². The van der Waals surface area contributed by atoms with Crippen molar-refractivity contribution in [2.75, 3.05) is 0 Å². The topological polar surface area (TPSA) is 80.9 Å². The first-order valence-corrected chi connectivity index (χ1v) is 7.94. The molecule has 6 nitrogen and oxygen atoms in total. The summed E-state index contributed by atoms with van der Waals surface area (Å²) in [5.41, 5.74) is 4.87. The van der Waals surface area contributed by atoms with Crippen molar-refractivity contribution in [2.45, 2.75) is 39.7 Å². The summed E-state index contributed by atoms with van der Waals surface area (Å²) in [7, 11) is 0. The Kier molecular flexibility index (Phi) is 4.29. The number of hydrogen-bond acceptors (Lipinski definition) is 4. The lowest BCUT2D eigenvalue weighted by Gasteiger charge is -2.15. The third-order valence-electron chi connectivity index (χ3n) is 4.48. The number of carboxylic acid groups (broad SMARTS) is 1. The fourth-order valence-electron chi connectivity index (χ4n) is 3.06. The lowest BCUT2D eigenvalue weighted by Crippen LogP contribution is -2.10. The van der Waals surface area contributed by atoms with Crippen LogP contribution >= 0.6 is 0 Å². The zero-order valence-electron chi connectivity index (χ0n) is 14.0. The van der Waals surface area contributed by atoms with Crippen molar-refractivity contribution in [1.29, 1.82) is 0 Å². The second-order valence-corrected chi connectivity index (χ2v) is 5.98. The molecule has 3 aromatic rings. The van der Waals surface area contributed by atoms with Crippen LogP contribution in [0.25, 0.3) is 11.0 Å². The zero-order chi connectivity index (χ0) is 17.3. The first-order valence-electron chi connectivity index (χ1n) is 7.94. The Balaban J connectivity index is 2.06. The molecule has 3 rings (SSSR count). The molecule has 0 aliphatic carbocycles. The van der Waals surface area contributed by atoms with E-state index in [1.807, 2.05) is 36.9 Å². The van der Waals surface area contributed by atoms with Gasteiger partial charge in [0.1, 0.15) is 0 Å². The van der Waals surface area contributed by atoms with Gasteiger partial charge in [-0.05, 0) is 56.0 Å². The molecule has 0 aliphatic heterocycles. The molecule has 1 N–H and O–H groups in total. The molecule has 24 heavy (non-hydrogen) atoms. The van der Waals surface area contributed by atoms with E-state index in [-0.39, 0.29) is 12.5 Å². The summed E-state index contributed by atoms with van der Waals surface area (Å²) in [6, 6.07) is 3.99. The molecular weight excluding hydrogens is 304 g/mol. The number of carbonyl (C=O) groups is 1. The molecule has 0 aliphatic rings. The van der Waals surface area contributed by atoms with Gasteiger partial charge < -0.3 is 5.11 Å². The molecule has 6 heteroatoms. The average Bonchev–Trinajstić information content (AvgIpc) is 2.98. The summed E-state index contributed by atoms with van der Waals surface area (Å²) in [5.74, 6) is -0.795. The molecule has 0 saturated heterocycles. The van der Waals surface area contributed by atoms with Crippen molar-refractivity contribution >= 4 is 17.0 Å². The minimum atomic E-state index is -0.795. The second-order valence-electron chi connectivity index (χ2n) is 5.98. The highest BCUT2D eigenvalue weighted by molar-refractivity contribution is 5.80. The number of aliphatic carboxylic acids is 1. The van der Waals surface area contributed by atoms with Gasteiger partial charge in [-0.2, -0.15) is 5.10 Å². The Bertz CT molecular complexity index is 887. The highest BCUT2D eigenvalue weighted by Gasteiger charge is 2.17. The van der Waals surface area contributed by atoms with Gasteiger partial charge in [0.15, 0.2) is 5.65 Å². The molecule has 3 heterocycles. The molecule has 1 unspecified atom stereocenters. The predicted molar refractivity (Wildman–Crippen MR) is 91.0 cm³/mol. The van der Waals surface area contributed by atoms with Crippen molar-refractivity contribution in [3.8, 4) is 0 Å². The van der Waals surface area contributed by atoms with Gasteiger partial charge in [0, 0.05) is 29.9 Å². The minimum Gasteiger partial charge on any atom is -0.481 e. The van der Waals surface area contributed by atoms with Crippen LogP contribution in [0.15, 0.2) is 30.7 Å². The van der Waals surface area contributed by atoms with Crippen LogP contribution in [0.5, 0.6) is 0 Å². The van der Waals surface area contributed by atoms with Crippen molar-refractivity contribution < 1.29 is 9.90 Å². The summed E-state index contributed by atoms with van der Waals surface area (Å²) < 4.78 is 1.91. The van der Waals surface area contributed by atoms with E-state index < -0.39 is 5.97 Å². The maximum absolute atomic E-state index is 10.9. The van der Waals surface area contributed by atoms with Crippen LogP contribution in [0.2, 0.25) is 0 Å². The van der Waals surface area contributed by atoms with Crippen molar-refractivity contribution in [3.63, 3.8) is 0 Å². The summed E-state index contributed by atoms with van der Waals surface area (Å²) in [6.45, 7) is 6.02. The molecule has 1 atom stereocenters. The fourth-order valence-corrected chi connectivity index (χ4v) is 3.06. The summed E-state index contributed by atoms with van der Waals surface area (Å²) >= 11 is 0. The first-order chi connectivity index (χ1) is 11.5. The van der Waals surface area contributed by atoms with Crippen LogP contribution in [-0.4, -0.2) is 30.8 Å². The van der Waals surface area contributed by atoms with Gasteiger partial charge in [0.25, 0.3) is 0 Å². The molecule has 0 radical (unpaired) electrons. The van der Waals surface area contributed by atoms with Crippen LogP contribution in [0.1, 0.15) is 41.8 Å². The van der Waals surface area contributed by atoms with Crippen LogP contribution in [0.3, 0.4) is 0 Å². The van der Waals surface area contributed by atoms with E-state index in [9.17, 15) is 4.79 Å². The molecular formula is C18H20N4O2. The Morgan fingerprint density at radius 3 is 2.67 bits per heavy atom. The van der Waals surface area contributed by atoms with Crippen LogP contribution in [0.4, 0.5) is 0 Å². The van der Waals surface area contributed by atoms with E-state index in [1.54, 1.807) is 12.4 Å². The molecule has 3 aromatic heterocycles. The predicted octanol–water partition coefficient (Wildman–Crippen LogP) is 3.07. The van der Waals surface area contributed by atoms with Crippen LogP contribution in [0, 0.1) is 13.8 Å². The third-order valence-corrected chi connectivity index (χ3v) is 4.48. The first kappa shape index (κ1) is 16.1. The van der Waals surface area contributed by atoms with Crippen molar-refractivity contribution in [2.24, 2.45) is 0 Å². The van der Waals surface area contributed by atoms with Gasteiger partial charge in [0.05, 0.1) is 12.2 Å². The number of hydrogen-bond donors (Lipinski definition) is 1. The molecule has 0 bridgehead atoms. The third kappa shape index (κ3) is 2.87. The Morgan fingerprint density at radius 1 is 1.29 bits per heavy atom. The fraction of sp³-hybridized carbons (Fsp3) is 0.333. The zero-order valence-corrected chi connectivity index (χ0v) is 14.0. The Morgan fingerprint density at radius 2 is 2.00 bits per heavy atom. The summed E-state index contributed by atoms with van der Waals surface area (Å²) in [6.07, 6.45) is 5.95. The van der Waals surface area contributed by atoms with Crippen molar-refractivity contribution in [1.82, 2.24) is 19.7 Å². The van der Waals surface area contributed by atoms with Gasteiger partial charge in [-0.1, -0.05) is 0 Å². The van der Waals surface area contributed by atoms with E-state index in [0.29, 0.717) is 6.42 Å². The maximum atomic E-state index is 10.9. The summed E-state index contributed by atoms with van der Waals surface area (Å²) in [5, 5.41) is 14.4. The molecule has 0 saturated carbocycles. The number of nitrogens with zero attached hydrogens (tertiary/aromatic N) is 4. The number of fused-ring (bicyclic) bond motifs is 1. The Labute approximate surface area is 140 Å². The lowest BCUT2D eigenvalue weighted by molar-refractivity contribution is -0.136. The summed E-state index contributed by atoms with van der Waals surface area (Å²) in [4.78, 5) is 19.6. The standard InChI is InChI=1S/C18H20N4O2/c1-11-15(4-5-17(23)24)12(2)21-18-16(11)10-20-22(18)13(3)14-6-8-19-9-7-14/h6-10,13H,4-5H2,1-3H3,(H,23,24). The molecule has 0 amide bonds. The average molecular weight is 324 g/mol. The largest absolute Gasteiger partial charge is 0.481 e. The highest BCUT2D eigenvalue weighted by Crippen LogP contribution is 2.27. The smallest absolute Gasteiger partial charge is 0.303 e.